The second-order valence-electron chi connectivity index (χ2n) is 4.83. The Hall–Kier alpha value is -1.59. The third-order valence-corrected chi connectivity index (χ3v) is 3.16. The van der Waals surface area contributed by atoms with E-state index in [9.17, 15) is 9.90 Å². The second-order valence-corrected chi connectivity index (χ2v) is 4.83. The topological polar surface area (TPSA) is 70.6 Å². The highest BCUT2D eigenvalue weighted by Crippen LogP contribution is 2.23. The van der Waals surface area contributed by atoms with Gasteiger partial charge in [-0.25, -0.2) is 0 Å². The Morgan fingerprint density at radius 3 is 2.95 bits per heavy atom. The molecule has 1 aromatic carbocycles. The number of hydrogen-bond donors (Lipinski definition) is 3. The van der Waals surface area contributed by atoms with Crippen LogP contribution < -0.4 is 10.6 Å². The van der Waals surface area contributed by atoms with Crippen molar-refractivity contribution in [3.8, 4) is 5.75 Å². The number of carbonyl (C=O) groups is 1. The molecule has 0 aromatic heterocycles. The summed E-state index contributed by atoms with van der Waals surface area (Å²) < 4.78 is 5.55. The van der Waals surface area contributed by atoms with Crippen molar-refractivity contribution in [1.29, 1.82) is 0 Å². The van der Waals surface area contributed by atoms with Gasteiger partial charge in [0.25, 0.3) is 0 Å². The van der Waals surface area contributed by atoms with Gasteiger partial charge in [0.05, 0.1) is 11.8 Å². The molecule has 1 amide bonds. The smallest absolute Gasteiger partial charge is 0.250 e. The van der Waals surface area contributed by atoms with E-state index in [0.29, 0.717) is 5.69 Å². The molecule has 1 aromatic rings. The number of aromatic hydroxyl groups is 1. The molecule has 0 spiro atoms. The Morgan fingerprint density at radius 2 is 2.21 bits per heavy atom. The zero-order valence-corrected chi connectivity index (χ0v) is 11.1. The van der Waals surface area contributed by atoms with Crippen LogP contribution in [0.15, 0.2) is 18.2 Å². The molecular weight excluding hydrogens is 244 g/mol. The van der Waals surface area contributed by atoms with Crippen molar-refractivity contribution in [1.82, 2.24) is 5.32 Å². The fourth-order valence-electron chi connectivity index (χ4n) is 2.09. The number of nitrogens with one attached hydrogen (secondary N) is 2. The van der Waals surface area contributed by atoms with E-state index in [-0.39, 0.29) is 24.4 Å². The zero-order chi connectivity index (χ0) is 13.7. The van der Waals surface area contributed by atoms with Crippen molar-refractivity contribution >= 4 is 11.6 Å². The number of phenols is 1. The molecule has 5 nitrogen and oxygen atoms in total. The average molecular weight is 264 g/mol. The number of carbonyl (C=O) groups excluding carboxylic acids is 1. The van der Waals surface area contributed by atoms with Crippen molar-refractivity contribution in [2.24, 2.45) is 0 Å². The summed E-state index contributed by atoms with van der Waals surface area (Å²) in [6.45, 7) is 3.80. The fraction of sp³-hybridized carbons (Fsp3) is 0.500. The normalized spacial score (nSPS) is 16.3. The van der Waals surface area contributed by atoms with E-state index in [0.717, 1.165) is 31.5 Å². The highest BCUT2D eigenvalue weighted by atomic mass is 16.5. The maximum atomic E-state index is 11.8. The van der Waals surface area contributed by atoms with Gasteiger partial charge in [0, 0.05) is 0 Å². The number of amides is 1. The molecule has 3 N–H and O–H groups in total. The number of piperidine rings is 1. The predicted octanol–water partition coefficient (Wildman–Crippen LogP) is 1.41. The first-order chi connectivity index (χ1) is 9.15. The first-order valence-electron chi connectivity index (χ1n) is 6.57. The second kappa shape index (κ2) is 6.54. The Bertz CT molecular complexity index is 442. The van der Waals surface area contributed by atoms with E-state index >= 15 is 0 Å². The van der Waals surface area contributed by atoms with Crippen LogP contribution in [0.3, 0.4) is 0 Å². The summed E-state index contributed by atoms with van der Waals surface area (Å²) in [5, 5.41) is 15.5. The number of ether oxygens (including phenoxy) is 1. The van der Waals surface area contributed by atoms with Crippen molar-refractivity contribution in [3.05, 3.63) is 23.8 Å². The highest BCUT2D eigenvalue weighted by molar-refractivity contribution is 5.93. The lowest BCUT2D eigenvalue weighted by molar-refractivity contribution is -0.123. The summed E-state index contributed by atoms with van der Waals surface area (Å²) in [4.78, 5) is 11.8. The van der Waals surface area contributed by atoms with Gasteiger partial charge in [-0.05, 0) is 50.6 Å². The van der Waals surface area contributed by atoms with Gasteiger partial charge in [-0.15, -0.1) is 0 Å². The van der Waals surface area contributed by atoms with Crippen LogP contribution in [-0.4, -0.2) is 36.8 Å². The van der Waals surface area contributed by atoms with E-state index in [1.54, 1.807) is 18.2 Å². The van der Waals surface area contributed by atoms with Crippen LogP contribution in [0.4, 0.5) is 5.69 Å². The minimum atomic E-state index is -0.237. The van der Waals surface area contributed by atoms with Crippen LogP contribution in [0.1, 0.15) is 18.4 Å². The first-order valence-corrected chi connectivity index (χ1v) is 6.57. The SMILES string of the molecule is Cc1ccc(O)c(NC(=O)COC2CCNCC2)c1. The number of hydrogen-bond acceptors (Lipinski definition) is 4. The molecule has 0 bridgehead atoms. The summed E-state index contributed by atoms with van der Waals surface area (Å²) in [6.07, 6.45) is 2.02. The number of rotatable bonds is 4. The molecular formula is C14H20N2O3. The zero-order valence-electron chi connectivity index (χ0n) is 11.1. The minimum Gasteiger partial charge on any atom is -0.506 e. The summed E-state index contributed by atoms with van der Waals surface area (Å²) in [5.41, 5.74) is 1.41. The molecule has 0 saturated carbocycles. The van der Waals surface area contributed by atoms with E-state index < -0.39 is 0 Å². The highest BCUT2D eigenvalue weighted by Gasteiger charge is 2.15. The standard InChI is InChI=1S/C14H20N2O3/c1-10-2-3-13(17)12(8-10)16-14(18)9-19-11-4-6-15-7-5-11/h2-3,8,11,15,17H,4-7,9H2,1H3,(H,16,18). The molecule has 1 saturated heterocycles. The van der Waals surface area contributed by atoms with Gasteiger partial charge in [0.15, 0.2) is 0 Å². The molecule has 1 fully saturated rings. The molecule has 1 aliphatic rings. The summed E-state index contributed by atoms with van der Waals surface area (Å²) >= 11 is 0. The Balaban J connectivity index is 1.81. The van der Waals surface area contributed by atoms with Crippen LogP contribution in [0.2, 0.25) is 0 Å². The van der Waals surface area contributed by atoms with Gasteiger partial charge < -0.3 is 20.5 Å². The van der Waals surface area contributed by atoms with Gasteiger partial charge in [0.2, 0.25) is 5.91 Å². The van der Waals surface area contributed by atoms with E-state index in [1.807, 2.05) is 6.92 Å². The quantitative estimate of drug-likeness (QED) is 0.719. The summed E-state index contributed by atoms with van der Waals surface area (Å²) in [7, 11) is 0. The number of anilines is 1. The molecule has 0 atom stereocenters. The van der Waals surface area contributed by atoms with E-state index in [4.69, 9.17) is 4.74 Å². The lowest BCUT2D eigenvalue weighted by atomic mass is 10.1. The Kier molecular flexibility index (Phi) is 4.76. The summed E-state index contributed by atoms with van der Waals surface area (Å²) in [6, 6.07) is 5.09. The van der Waals surface area contributed by atoms with Gasteiger partial charge in [-0.2, -0.15) is 0 Å². The molecule has 0 unspecified atom stereocenters. The van der Waals surface area contributed by atoms with Crippen molar-refractivity contribution in [2.45, 2.75) is 25.9 Å². The lowest BCUT2D eigenvalue weighted by Crippen LogP contribution is -2.34. The van der Waals surface area contributed by atoms with Crippen molar-refractivity contribution in [2.75, 3.05) is 25.0 Å². The van der Waals surface area contributed by atoms with Crippen molar-refractivity contribution in [3.63, 3.8) is 0 Å². The van der Waals surface area contributed by atoms with Crippen LogP contribution in [-0.2, 0) is 9.53 Å². The number of aryl methyl sites for hydroxylation is 1. The van der Waals surface area contributed by atoms with Crippen LogP contribution in [0, 0.1) is 6.92 Å². The third kappa shape index (κ3) is 4.22. The van der Waals surface area contributed by atoms with Crippen molar-refractivity contribution < 1.29 is 14.6 Å². The maximum absolute atomic E-state index is 11.8. The number of benzene rings is 1. The largest absolute Gasteiger partial charge is 0.506 e. The monoisotopic (exact) mass is 264 g/mol. The molecule has 0 radical (unpaired) electrons. The molecule has 2 rings (SSSR count). The molecule has 19 heavy (non-hydrogen) atoms. The lowest BCUT2D eigenvalue weighted by Gasteiger charge is -2.22. The molecule has 5 heteroatoms. The van der Waals surface area contributed by atoms with Crippen LogP contribution in [0.5, 0.6) is 5.75 Å². The van der Waals surface area contributed by atoms with Gasteiger partial charge in [-0.1, -0.05) is 6.07 Å². The minimum absolute atomic E-state index is 0.0258. The molecule has 0 aliphatic carbocycles. The predicted molar refractivity (Wildman–Crippen MR) is 73.3 cm³/mol. The van der Waals surface area contributed by atoms with Gasteiger partial charge in [-0.3, -0.25) is 4.79 Å². The van der Waals surface area contributed by atoms with E-state index in [2.05, 4.69) is 10.6 Å². The molecule has 1 heterocycles. The first kappa shape index (κ1) is 13.8. The molecule has 1 aliphatic heterocycles. The third-order valence-electron chi connectivity index (χ3n) is 3.16. The average Bonchev–Trinajstić information content (AvgIpc) is 2.42. The van der Waals surface area contributed by atoms with Crippen LogP contribution >= 0.6 is 0 Å². The Morgan fingerprint density at radius 1 is 1.47 bits per heavy atom. The number of phenolic OH excluding ortho intramolecular Hbond substituents is 1. The molecule has 104 valence electrons. The maximum Gasteiger partial charge on any atom is 0.250 e. The van der Waals surface area contributed by atoms with E-state index in [1.165, 1.54) is 0 Å². The Labute approximate surface area is 113 Å². The van der Waals surface area contributed by atoms with Gasteiger partial charge in [0.1, 0.15) is 12.4 Å². The summed E-state index contributed by atoms with van der Waals surface area (Å²) in [5.74, 6) is -0.166. The van der Waals surface area contributed by atoms with Gasteiger partial charge >= 0.3 is 0 Å². The van der Waals surface area contributed by atoms with Crippen LogP contribution in [0.25, 0.3) is 0 Å². The fourth-order valence-corrected chi connectivity index (χ4v) is 2.09.